The summed E-state index contributed by atoms with van der Waals surface area (Å²) in [6.45, 7) is 4.70. The number of rotatable bonds is 2. The average molecular weight is 155 g/mol. The summed E-state index contributed by atoms with van der Waals surface area (Å²) >= 11 is 0. The Labute approximate surface area is 70.6 Å². The largest absolute Gasteiger partial charge is 0.317 e. The Kier molecular flexibility index (Phi) is 3.38. The molecule has 0 bridgehead atoms. The predicted octanol–water partition coefficient (Wildman–Crippen LogP) is 2.42. The molecule has 3 atom stereocenters. The van der Waals surface area contributed by atoms with E-state index in [-0.39, 0.29) is 0 Å². The van der Waals surface area contributed by atoms with Gasteiger partial charge in [0.25, 0.3) is 0 Å². The Hall–Kier alpha value is -0.0400. The minimum Gasteiger partial charge on any atom is -0.317 e. The molecule has 0 amide bonds. The Bertz CT molecular complexity index is 99.4. The lowest BCUT2D eigenvalue weighted by atomic mass is 9.78. The molecule has 1 fully saturated rings. The molecule has 0 spiro atoms. The molecular formula is C10H21N. The molecule has 0 saturated heterocycles. The summed E-state index contributed by atoms with van der Waals surface area (Å²) in [4.78, 5) is 0. The third kappa shape index (κ3) is 2.48. The summed E-state index contributed by atoms with van der Waals surface area (Å²) in [7, 11) is 2.09. The van der Waals surface area contributed by atoms with Crippen LogP contribution in [0.4, 0.5) is 0 Å². The lowest BCUT2D eigenvalue weighted by molar-refractivity contribution is 0.228. The summed E-state index contributed by atoms with van der Waals surface area (Å²) in [5.41, 5.74) is 0. The van der Waals surface area contributed by atoms with Gasteiger partial charge in [0.1, 0.15) is 0 Å². The molecule has 1 N–H and O–H groups in total. The Morgan fingerprint density at radius 3 is 2.55 bits per heavy atom. The Balaban J connectivity index is 2.37. The molecule has 11 heavy (non-hydrogen) atoms. The van der Waals surface area contributed by atoms with Crippen LogP contribution in [-0.4, -0.2) is 13.1 Å². The molecule has 0 radical (unpaired) electrons. The van der Waals surface area contributed by atoms with Gasteiger partial charge in [-0.25, -0.2) is 0 Å². The van der Waals surface area contributed by atoms with Crippen molar-refractivity contribution < 1.29 is 0 Å². The van der Waals surface area contributed by atoms with Gasteiger partial charge in [0.15, 0.2) is 0 Å². The third-order valence-electron chi connectivity index (χ3n) is 3.03. The van der Waals surface area contributed by atoms with Crippen molar-refractivity contribution >= 4 is 0 Å². The normalized spacial score (nSPS) is 39.0. The average Bonchev–Trinajstić information content (AvgIpc) is 2.03. The maximum Gasteiger partial charge on any atom is 0.00692 e. The number of nitrogens with one attached hydrogen (secondary N) is 1. The van der Waals surface area contributed by atoms with Crippen molar-refractivity contribution in [2.45, 2.75) is 45.6 Å². The summed E-state index contributed by atoms with van der Waals surface area (Å²) in [5, 5.41) is 3.40. The van der Waals surface area contributed by atoms with Crippen LogP contribution in [0.15, 0.2) is 0 Å². The maximum atomic E-state index is 3.40. The number of hydrogen-bond acceptors (Lipinski definition) is 1. The van der Waals surface area contributed by atoms with Gasteiger partial charge in [-0.3, -0.25) is 0 Å². The van der Waals surface area contributed by atoms with E-state index in [0.29, 0.717) is 0 Å². The van der Waals surface area contributed by atoms with Gasteiger partial charge in [-0.05, 0) is 38.1 Å². The second-order valence-electron chi connectivity index (χ2n) is 4.07. The topological polar surface area (TPSA) is 12.0 Å². The van der Waals surface area contributed by atoms with Crippen LogP contribution in [-0.2, 0) is 0 Å². The summed E-state index contributed by atoms with van der Waals surface area (Å²) < 4.78 is 0. The van der Waals surface area contributed by atoms with Crippen LogP contribution in [0, 0.1) is 11.8 Å². The van der Waals surface area contributed by atoms with Crippen molar-refractivity contribution in [3.05, 3.63) is 0 Å². The molecule has 3 unspecified atom stereocenters. The van der Waals surface area contributed by atoms with Crippen molar-refractivity contribution in [3.63, 3.8) is 0 Å². The molecule has 0 aromatic heterocycles. The first-order valence-corrected chi connectivity index (χ1v) is 4.93. The zero-order valence-corrected chi connectivity index (χ0v) is 8.06. The lowest BCUT2D eigenvalue weighted by Gasteiger charge is -2.32. The van der Waals surface area contributed by atoms with Crippen molar-refractivity contribution in [3.8, 4) is 0 Å². The van der Waals surface area contributed by atoms with Crippen LogP contribution in [0.5, 0.6) is 0 Å². The van der Waals surface area contributed by atoms with E-state index in [1.54, 1.807) is 0 Å². The first-order valence-electron chi connectivity index (χ1n) is 4.93. The van der Waals surface area contributed by atoms with E-state index < -0.39 is 0 Å². The minimum atomic E-state index is 0.795. The van der Waals surface area contributed by atoms with Gasteiger partial charge in [-0.2, -0.15) is 0 Å². The van der Waals surface area contributed by atoms with E-state index >= 15 is 0 Å². The van der Waals surface area contributed by atoms with Crippen LogP contribution in [0.2, 0.25) is 0 Å². The molecule has 1 rings (SSSR count). The molecule has 1 nitrogen and oxygen atoms in total. The molecule has 0 aromatic carbocycles. The van der Waals surface area contributed by atoms with E-state index in [1.807, 2.05) is 0 Å². The standard InChI is InChI=1S/C10H21N/c1-4-9-5-8(2)6-10(7-9)11-3/h8-11H,4-7H2,1-3H3. The summed E-state index contributed by atoms with van der Waals surface area (Å²) in [6, 6.07) is 0.795. The van der Waals surface area contributed by atoms with Gasteiger partial charge in [-0.1, -0.05) is 20.3 Å². The fourth-order valence-electron chi connectivity index (χ4n) is 2.31. The second kappa shape index (κ2) is 4.10. The zero-order valence-electron chi connectivity index (χ0n) is 8.06. The fraction of sp³-hybridized carbons (Fsp3) is 1.00. The van der Waals surface area contributed by atoms with E-state index in [1.165, 1.54) is 25.7 Å². The Morgan fingerprint density at radius 2 is 2.00 bits per heavy atom. The second-order valence-corrected chi connectivity index (χ2v) is 4.07. The first-order chi connectivity index (χ1) is 5.26. The smallest absolute Gasteiger partial charge is 0.00692 e. The SMILES string of the molecule is CCC1CC(C)CC(NC)C1. The molecule has 0 aliphatic heterocycles. The van der Waals surface area contributed by atoms with Gasteiger partial charge in [0.2, 0.25) is 0 Å². The van der Waals surface area contributed by atoms with Gasteiger partial charge in [0.05, 0.1) is 0 Å². The highest BCUT2D eigenvalue weighted by Crippen LogP contribution is 2.30. The van der Waals surface area contributed by atoms with Crippen molar-refractivity contribution in [2.24, 2.45) is 11.8 Å². The summed E-state index contributed by atoms with van der Waals surface area (Å²) in [5.74, 6) is 1.92. The van der Waals surface area contributed by atoms with Crippen molar-refractivity contribution in [2.75, 3.05) is 7.05 Å². The lowest BCUT2D eigenvalue weighted by Crippen LogP contribution is -2.34. The monoisotopic (exact) mass is 155 g/mol. The Morgan fingerprint density at radius 1 is 1.27 bits per heavy atom. The minimum absolute atomic E-state index is 0.795. The first kappa shape index (κ1) is 9.05. The quantitative estimate of drug-likeness (QED) is 0.645. The summed E-state index contributed by atoms with van der Waals surface area (Å²) in [6.07, 6.45) is 5.60. The van der Waals surface area contributed by atoms with Crippen molar-refractivity contribution in [1.82, 2.24) is 5.32 Å². The van der Waals surface area contributed by atoms with Crippen LogP contribution >= 0.6 is 0 Å². The molecule has 1 aliphatic carbocycles. The molecular weight excluding hydrogens is 134 g/mol. The van der Waals surface area contributed by atoms with Gasteiger partial charge < -0.3 is 5.32 Å². The van der Waals surface area contributed by atoms with Crippen molar-refractivity contribution in [1.29, 1.82) is 0 Å². The van der Waals surface area contributed by atoms with E-state index in [2.05, 4.69) is 26.2 Å². The predicted molar refractivity (Wildman–Crippen MR) is 49.6 cm³/mol. The zero-order chi connectivity index (χ0) is 8.27. The maximum absolute atomic E-state index is 3.40. The molecule has 0 aromatic rings. The molecule has 1 heteroatoms. The number of hydrogen-bond donors (Lipinski definition) is 1. The molecule has 66 valence electrons. The van der Waals surface area contributed by atoms with Crippen LogP contribution in [0.3, 0.4) is 0 Å². The highest BCUT2D eigenvalue weighted by Gasteiger charge is 2.23. The van der Waals surface area contributed by atoms with Crippen LogP contribution < -0.4 is 5.32 Å². The molecule has 0 heterocycles. The van der Waals surface area contributed by atoms with Crippen LogP contribution in [0.1, 0.15) is 39.5 Å². The van der Waals surface area contributed by atoms with E-state index in [0.717, 1.165) is 17.9 Å². The van der Waals surface area contributed by atoms with Crippen LogP contribution in [0.25, 0.3) is 0 Å². The fourth-order valence-corrected chi connectivity index (χ4v) is 2.31. The van der Waals surface area contributed by atoms with E-state index in [9.17, 15) is 0 Å². The third-order valence-corrected chi connectivity index (χ3v) is 3.03. The van der Waals surface area contributed by atoms with Gasteiger partial charge >= 0.3 is 0 Å². The van der Waals surface area contributed by atoms with Gasteiger partial charge in [-0.15, -0.1) is 0 Å². The molecule has 1 aliphatic rings. The van der Waals surface area contributed by atoms with E-state index in [4.69, 9.17) is 0 Å². The van der Waals surface area contributed by atoms with Gasteiger partial charge in [0, 0.05) is 6.04 Å². The highest BCUT2D eigenvalue weighted by molar-refractivity contribution is 4.79. The highest BCUT2D eigenvalue weighted by atomic mass is 14.9. The molecule has 1 saturated carbocycles.